The second kappa shape index (κ2) is 11.3. The first kappa shape index (κ1) is 22.5. The molecule has 2 N–H and O–H groups in total. The van der Waals surface area contributed by atoms with Crippen LogP contribution in [0.1, 0.15) is 20.3 Å². The Labute approximate surface area is 175 Å². The largest absolute Gasteiger partial charge is 0.497 e. The van der Waals surface area contributed by atoms with Gasteiger partial charge >= 0.3 is 6.03 Å². The summed E-state index contributed by atoms with van der Waals surface area (Å²) in [6, 6.07) is 7.00. The second-order valence-electron chi connectivity index (χ2n) is 6.71. The van der Waals surface area contributed by atoms with Gasteiger partial charge in [0.15, 0.2) is 11.0 Å². The molecule has 0 spiro atoms. The van der Waals surface area contributed by atoms with Gasteiger partial charge in [0.2, 0.25) is 5.91 Å². The molecule has 1 heterocycles. The molecule has 2 aromatic rings. The van der Waals surface area contributed by atoms with E-state index in [1.807, 2.05) is 28.8 Å². The minimum absolute atomic E-state index is 0.0511. The van der Waals surface area contributed by atoms with E-state index in [1.54, 1.807) is 13.2 Å². The molecule has 0 aliphatic carbocycles. The van der Waals surface area contributed by atoms with Crippen molar-refractivity contribution in [2.75, 3.05) is 19.4 Å². The summed E-state index contributed by atoms with van der Waals surface area (Å²) in [6.07, 6.45) is 2.60. The molecule has 0 aliphatic rings. The number of amides is 3. The van der Waals surface area contributed by atoms with Crippen LogP contribution in [0.15, 0.2) is 42.1 Å². The third kappa shape index (κ3) is 6.94. The monoisotopic (exact) mass is 417 g/mol. The lowest BCUT2D eigenvalue weighted by Gasteiger charge is -2.09. The quantitative estimate of drug-likeness (QED) is 0.455. The molecule has 2 rings (SSSR count). The molecule has 29 heavy (non-hydrogen) atoms. The normalized spacial score (nSPS) is 10.6. The van der Waals surface area contributed by atoms with Gasteiger partial charge in [0, 0.05) is 18.7 Å². The van der Waals surface area contributed by atoms with Crippen molar-refractivity contribution in [1.82, 2.24) is 25.4 Å². The summed E-state index contributed by atoms with van der Waals surface area (Å²) >= 11 is 1.21. The van der Waals surface area contributed by atoms with Crippen LogP contribution in [0, 0.1) is 5.92 Å². The number of thioether (sulfide) groups is 1. The third-order valence-corrected chi connectivity index (χ3v) is 4.94. The highest BCUT2D eigenvalue weighted by Gasteiger charge is 2.16. The highest BCUT2D eigenvalue weighted by atomic mass is 32.2. The Hall–Kier alpha value is -2.81. The molecule has 3 amide bonds. The van der Waals surface area contributed by atoms with E-state index in [0.29, 0.717) is 30.0 Å². The minimum atomic E-state index is -0.484. The molecule has 0 saturated heterocycles. The van der Waals surface area contributed by atoms with Crippen LogP contribution in [0.25, 0.3) is 11.4 Å². The Kier molecular flexibility index (Phi) is 8.72. The van der Waals surface area contributed by atoms with Gasteiger partial charge in [-0.3, -0.25) is 14.7 Å². The fraction of sp³-hybridized carbons (Fsp3) is 0.400. The molecule has 0 unspecified atom stereocenters. The number of carbonyl (C=O) groups is 2. The van der Waals surface area contributed by atoms with Gasteiger partial charge < -0.3 is 10.1 Å². The number of allylic oxidation sites excluding steroid dienone is 1. The van der Waals surface area contributed by atoms with Crippen molar-refractivity contribution in [3.8, 4) is 17.1 Å². The predicted molar refractivity (Wildman–Crippen MR) is 114 cm³/mol. The predicted octanol–water partition coefficient (Wildman–Crippen LogP) is 3.10. The highest BCUT2D eigenvalue weighted by Crippen LogP contribution is 2.25. The SMILES string of the molecule is C=CCn1c(SCC(=O)NC(=O)NCCC(C)C)nnc1-c1ccc(OC)cc1. The molecular weight excluding hydrogens is 390 g/mol. The number of rotatable bonds is 10. The molecule has 0 saturated carbocycles. The first-order valence-electron chi connectivity index (χ1n) is 9.33. The van der Waals surface area contributed by atoms with Crippen molar-refractivity contribution in [2.24, 2.45) is 5.92 Å². The number of nitrogens with zero attached hydrogens (tertiary/aromatic N) is 3. The van der Waals surface area contributed by atoms with E-state index in [9.17, 15) is 9.59 Å². The first-order valence-corrected chi connectivity index (χ1v) is 10.3. The maximum atomic E-state index is 12.1. The standard InChI is InChI=1S/C20H27N5O3S/c1-5-12-25-18(15-6-8-16(28-4)9-7-15)23-24-20(25)29-13-17(26)22-19(27)21-11-10-14(2)3/h5-9,14H,1,10-13H2,2-4H3,(H2,21,22,26,27). The summed E-state index contributed by atoms with van der Waals surface area (Å²) in [6.45, 7) is 8.94. The van der Waals surface area contributed by atoms with Crippen LogP contribution in [0.3, 0.4) is 0 Å². The third-order valence-electron chi connectivity index (χ3n) is 3.97. The molecule has 9 heteroatoms. The van der Waals surface area contributed by atoms with Gasteiger partial charge in [0.25, 0.3) is 0 Å². The Morgan fingerprint density at radius 3 is 2.62 bits per heavy atom. The van der Waals surface area contributed by atoms with Crippen LogP contribution >= 0.6 is 11.8 Å². The number of hydrogen-bond acceptors (Lipinski definition) is 6. The molecule has 0 atom stereocenters. The average molecular weight is 418 g/mol. The van der Waals surface area contributed by atoms with Crippen LogP contribution in [-0.4, -0.2) is 46.1 Å². The van der Waals surface area contributed by atoms with E-state index < -0.39 is 11.9 Å². The number of hydrogen-bond donors (Lipinski definition) is 2. The van der Waals surface area contributed by atoms with E-state index in [4.69, 9.17) is 4.74 Å². The maximum absolute atomic E-state index is 12.1. The molecule has 8 nitrogen and oxygen atoms in total. The molecule has 0 fully saturated rings. The highest BCUT2D eigenvalue weighted by molar-refractivity contribution is 7.99. The van der Waals surface area contributed by atoms with Crippen molar-refractivity contribution >= 4 is 23.7 Å². The van der Waals surface area contributed by atoms with Gasteiger partial charge in [0.05, 0.1) is 12.9 Å². The van der Waals surface area contributed by atoms with Gasteiger partial charge in [-0.15, -0.1) is 16.8 Å². The first-order chi connectivity index (χ1) is 13.9. The Morgan fingerprint density at radius 2 is 2.00 bits per heavy atom. The number of methoxy groups -OCH3 is 1. The molecule has 0 aliphatic heterocycles. The van der Waals surface area contributed by atoms with Crippen LogP contribution in [-0.2, 0) is 11.3 Å². The van der Waals surface area contributed by atoms with E-state index in [2.05, 4.69) is 41.3 Å². The molecular formula is C20H27N5O3S. The van der Waals surface area contributed by atoms with Crippen molar-refractivity contribution in [2.45, 2.75) is 32.0 Å². The van der Waals surface area contributed by atoms with E-state index >= 15 is 0 Å². The molecule has 0 bridgehead atoms. The zero-order valence-corrected chi connectivity index (χ0v) is 17.8. The van der Waals surface area contributed by atoms with Crippen molar-refractivity contribution < 1.29 is 14.3 Å². The van der Waals surface area contributed by atoms with Gasteiger partial charge in [-0.2, -0.15) is 0 Å². The summed E-state index contributed by atoms with van der Waals surface area (Å²) in [5.74, 6) is 1.56. The summed E-state index contributed by atoms with van der Waals surface area (Å²) in [4.78, 5) is 23.8. The van der Waals surface area contributed by atoms with Gasteiger partial charge in [0.1, 0.15) is 5.75 Å². The average Bonchev–Trinajstić information content (AvgIpc) is 3.09. The zero-order valence-electron chi connectivity index (χ0n) is 17.0. The van der Waals surface area contributed by atoms with Gasteiger partial charge in [-0.05, 0) is 36.6 Å². The summed E-state index contributed by atoms with van der Waals surface area (Å²) in [5, 5.41) is 14.0. The van der Waals surface area contributed by atoms with Crippen LogP contribution in [0.4, 0.5) is 4.79 Å². The van der Waals surface area contributed by atoms with E-state index in [0.717, 1.165) is 17.7 Å². The minimum Gasteiger partial charge on any atom is -0.497 e. The molecule has 156 valence electrons. The molecule has 1 aromatic heterocycles. The Morgan fingerprint density at radius 1 is 1.28 bits per heavy atom. The number of nitrogens with one attached hydrogen (secondary N) is 2. The number of imide groups is 1. The van der Waals surface area contributed by atoms with Crippen molar-refractivity contribution in [1.29, 1.82) is 0 Å². The zero-order chi connectivity index (χ0) is 21.2. The topological polar surface area (TPSA) is 98.1 Å². The van der Waals surface area contributed by atoms with Crippen molar-refractivity contribution in [3.05, 3.63) is 36.9 Å². The Balaban J connectivity index is 1.98. The number of urea groups is 1. The number of ether oxygens (including phenoxy) is 1. The second-order valence-corrected chi connectivity index (χ2v) is 7.65. The molecule has 0 radical (unpaired) electrons. The summed E-state index contributed by atoms with van der Waals surface area (Å²) in [7, 11) is 1.61. The number of benzene rings is 1. The van der Waals surface area contributed by atoms with Crippen LogP contribution in [0.2, 0.25) is 0 Å². The van der Waals surface area contributed by atoms with E-state index in [1.165, 1.54) is 11.8 Å². The van der Waals surface area contributed by atoms with Gasteiger partial charge in [-0.1, -0.05) is 31.7 Å². The number of carbonyl (C=O) groups excluding carboxylic acids is 2. The van der Waals surface area contributed by atoms with Crippen LogP contribution < -0.4 is 15.4 Å². The molecule has 1 aromatic carbocycles. The van der Waals surface area contributed by atoms with Gasteiger partial charge in [-0.25, -0.2) is 4.79 Å². The summed E-state index contributed by atoms with van der Waals surface area (Å²) < 4.78 is 7.05. The van der Waals surface area contributed by atoms with Crippen molar-refractivity contribution in [3.63, 3.8) is 0 Å². The van der Waals surface area contributed by atoms with E-state index in [-0.39, 0.29) is 5.75 Å². The lowest BCUT2D eigenvalue weighted by atomic mass is 10.1. The van der Waals surface area contributed by atoms with Crippen LogP contribution in [0.5, 0.6) is 5.75 Å². The number of aromatic nitrogens is 3. The maximum Gasteiger partial charge on any atom is 0.321 e. The smallest absolute Gasteiger partial charge is 0.321 e. The fourth-order valence-electron chi connectivity index (χ4n) is 2.45. The lowest BCUT2D eigenvalue weighted by molar-refractivity contribution is -0.117. The Bertz CT molecular complexity index is 833. The lowest BCUT2D eigenvalue weighted by Crippen LogP contribution is -2.40. The fourth-order valence-corrected chi connectivity index (χ4v) is 3.20. The summed E-state index contributed by atoms with van der Waals surface area (Å²) in [5.41, 5.74) is 0.876.